The maximum absolute atomic E-state index is 14.2. The lowest BCUT2D eigenvalue weighted by molar-refractivity contribution is -0.138. The van der Waals surface area contributed by atoms with Crippen LogP contribution in [0.4, 0.5) is 4.39 Å². The van der Waals surface area contributed by atoms with Gasteiger partial charge in [-0.05, 0) is 43.7 Å². The van der Waals surface area contributed by atoms with Crippen LogP contribution in [0.15, 0.2) is 53.4 Å². The zero-order valence-corrected chi connectivity index (χ0v) is 19.4. The lowest BCUT2D eigenvalue weighted by Crippen LogP contribution is -2.53. The largest absolute Gasteiger partial charge is 0.340 e. The average Bonchev–Trinajstić information content (AvgIpc) is 2.82. The first-order valence-corrected chi connectivity index (χ1v) is 12.7. The summed E-state index contributed by atoms with van der Waals surface area (Å²) in [6.07, 6.45) is 1.63. The van der Waals surface area contributed by atoms with Crippen molar-refractivity contribution in [3.63, 3.8) is 0 Å². The summed E-state index contributed by atoms with van der Waals surface area (Å²) in [4.78, 5) is 17.3. The molecule has 172 valence electrons. The molecule has 4 rings (SSSR count). The predicted molar refractivity (Wildman–Crippen MR) is 121 cm³/mol. The molecule has 0 N–H and O–H groups in total. The standard InChI is InChI=1S/C23H27ClFN3O3S/c24-21-9-4-10-22(25)20(21)17-26-11-5-6-18(16-26)23(29)27-12-14-28(15-13-27)32(30,31)19-7-2-1-3-8-19/h1-4,7-10,18H,5-6,11-17H2. The van der Waals surface area contributed by atoms with E-state index in [1.165, 1.54) is 10.4 Å². The Kier molecular flexibility index (Phi) is 7.14. The van der Waals surface area contributed by atoms with Crippen molar-refractivity contribution < 1.29 is 17.6 Å². The smallest absolute Gasteiger partial charge is 0.243 e. The Morgan fingerprint density at radius 3 is 2.41 bits per heavy atom. The predicted octanol–water partition coefficient (Wildman–Crippen LogP) is 3.22. The summed E-state index contributed by atoms with van der Waals surface area (Å²) in [7, 11) is -3.55. The topological polar surface area (TPSA) is 60.9 Å². The summed E-state index contributed by atoms with van der Waals surface area (Å²) in [6.45, 7) is 3.03. The van der Waals surface area contributed by atoms with Crippen LogP contribution in [0.3, 0.4) is 0 Å². The van der Waals surface area contributed by atoms with Gasteiger partial charge in [0, 0.05) is 49.9 Å². The van der Waals surface area contributed by atoms with E-state index in [0.717, 1.165) is 19.4 Å². The van der Waals surface area contributed by atoms with Gasteiger partial charge in [-0.3, -0.25) is 9.69 Å². The molecule has 0 aromatic heterocycles. The fourth-order valence-electron chi connectivity index (χ4n) is 4.46. The Morgan fingerprint density at radius 2 is 1.72 bits per heavy atom. The number of rotatable bonds is 5. The average molecular weight is 480 g/mol. The van der Waals surface area contributed by atoms with Crippen LogP contribution in [0.2, 0.25) is 5.02 Å². The van der Waals surface area contributed by atoms with Gasteiger partial charge in [0.2, 0.25) is 15.9 Å². The second-order valence-electron chi connectivity index (χ2n) is 8.32. The van der Waals surface area contributed by atoms with Crippen molar-refractivity contribution in [1.29, 1.82) is 0 Å². The van der Waals surface area contributed by atoms with E-state index in [1.54, 1.807) is 47.4 Å². The number of carbonyl (C=O) groups excluding carboxylic acids is 1. The van der Waals surface area contributed by atoms with E-state index >= 15 is 0 Å². The Bertz CT molecular complexity index is 1040. The van der Waals surface area contributed by atoms with Gasteiger partial charge >= 0.3 is 0 Å². The molecule has 2 aliphatic heterocycles. The minimum absolute atomic E-state index is 0.0473. The third kappa shape index (κ3) is 4.98. The van der Waals surface area contributed by atoms with E-state index in [-0.39, 0.29) is 35.6 Å². The Hall–Kier alpha value is -2.00. The molecule has 32 heavy (non-hydrogen) atoms. The minimum Gasteiger partial charge on any atom is -0.340 e. The number of nitrogens with zero attached hydrogens (tertiary/aromatic N) is 3. The van der Waals surface area contributed by atoms with Crippen LogP contribution in [-0.2, 0) is 21.4 Å². The highest BCUT2D eigenvalue weighted by atomic mass is 35.5. The Labute approximate surface area is 193 Å². The zero-order valence-electron chi connectivity index (χ0n) is 17.8. The number of amides is 1. The lowest BCUT2D eigenvalue weighted by Gasteiger charge is -2.38. The van der Waals surface area contributed by atoms with Crippen molar-refractivity contribution in [2.45, 2.75) is 24.3 Å². The van der Waals surface area contributed by atoms with Crippen LogP contribution in [0, 0.1) is 11.7 Å². The molecule has 2 heterocycles. The molecule has 0 radical (unpaired) electrons. The number of hydrogen-bond donors (Lipinski definition) is 0. The van der Waals surface area contributed by atoms with E-state index in [1.807, 2.05) is 0 Å². The molecule has 2 aliphatic rings. The van der Waals surface area contributed by atoms with Crippen LogP contribution in [0.25, 0.3) is 0 Å². The molecule has 0 aliphatic carbocycles. The summed E-state index contributed by atoms with van der Waals surface area (Å²) in [6, 6.07) is 13.0. The van der Waals surface area contributed by atoms with Crippen LogP contribution in [0.5, 0.6) is 0 Å². The zero-order chi connectivity index (χ0) is 22.7. The maximum atomic E-state index is 14.2. The van der Waals surface area contributed by atoms with Crippen molar-refractivity contribution in [2.75, 3.05) is 39.3 Å². The van der Waals surface area contributed by atoms with Crippen molar-refractivity contribution in [3.05, 3.63) is 64.9 Å². The minimum atomic E-state index is -3.55. The fraction of sp³-hybridized carbons (Fsp3) is 0.435. The number of piperidine rings is 1. The summed E-state index contributed by atoms with van der Waals surface area (Å²) in [5, 5.41) is 0.397. The van der Waals surface area contributed by atoms with E-state index in [0.29, 0.717) is 36.8 Å². The highest BCUT2D eigenvalue weighted by Crippen LogP contribution is 2.26. The van der Waals surface area contributed by atoms with Gasteiger partial charge in [0.1, 0.15) is 5.82 Å². The molecular formula is C23H27ClFN3O3S. The number of sulfonamides is 1. The quantitative estimate of drug-likeness (QED) is 0.660. The Morgan fingerprint density at radius 1 is 1.00 bits per heavy atom. The van der Waals surface area contributed by atoms with E-state index in [4.69, 9.17) is 11.6 Å². The highest BCUT2D eigenvalue weighted by molar-refractivity contribution is 7.89. The van der Waals surface area contributed by atoms with Crippen LogP contribution >= 0.6 is 11.6 Å². The normalized spacial score (nSPS) is 20.9. The first-order valence-electron chi connectivity index (χ1n) is 10.9. The number of piperazine rings is 1. The second kappa shape index (κ2) is 9.87. The number of benzene rings is 2. The van der Waals surface area contributed by atoms with Crippen LogP contribution < -0.4 is 0 Å². The number of hydrogen-bond acceptors (Lipinski definition) is 4. The molecule has 1 amide bonds. The molecular weight excluding hydrogens is 453 g/mol. The molecule has 1 atom stereocenters. The summed E-state index contributed by atoms with van der Waals surface area (Å²) < 4.78 is 41.2. The van der Waals surface area contributed by atoms with E-state index < -0.39 is 10.0 Å². The van der Waals surface area contributed by atoms with Gasteiger partial charge in [-0.1, -0.05) is 35.9 Å². The van der Waals surface area contributed by atoms with Crippen LogP contribution in [-0.4, -0.2) is 67.7 Å². The first kappa shape index (κ1) is 23.2. The van der Waals surface area contributed by atoms with Crippen LogP contribution in [0.1, 0.15) is 18.4 Å². The van der Waals surface area contributed by atoms with Gasteiger partial charge in [-0.15, -0.1) is 0 Å². The number of carbonyl (C=O) groups is 1. The molecule has 2 saturated heterocycles. The summed E-state index contributed by atoms with van der Waals surface area (Å²) >= 11 is 6.17. The summed E-state index contributed by atoms with van der Waals surface area (Å²) in [5.41, 5.74) is 0.460. The van der Waals surface area contributed by atoms with Crippen molar-refractivity contribution in [1.82, 2.24) is 14.1 Å². The van der Waals surface area contributed by atoms with Gasteiger partial charge in [0.15, 0.2) is 0 Å². The lowest BCUT2D eigenvalue weighted by atomic mass is 9.95. The van der Waals surface area contributed by atoms with Gasteiger partial charge in [0.05, 0.1) is 10.8 Å². The molecule has 0 saturated carbocycles. The summed E-state index contributed by atoms with van der Waals surface area (Å²) in [5.74, 6) is -0.459. The molecule has 0 spiro atoms. The molecule has 9 heteroatoms. The number of halogens is 2. The van der Waals surface area contributed by atoms with Gasteiger partial charge in [0.25, 0.3) is 0 Å². The van der Waals surface area contributed by atoms with Crippen molar-refractivity contribution >= 4 is 27.5 Å². The Balaban J connectivity index is 1.35. The fourth-order valence-corrected chi connectivity index (χ4v) is 6.12. The number of likely N-dealkylation sites (tertiary alicyclic amines) is 1. The van der Waals surface area contributed by atoms with Crippen molar-refractivity contribution in [2.24, 2.45) is 5.92 Å². The molecule has 2 aromatic carbocycles. The van der Waals surface area contributed by atoms with E-state index in [2.05, 4.69) is 4.90 Å². The van der Waals surface area contributed by atoms with Gasteiger partial charge < -0.3 is 4.90 Å². The highest BCUT2D eigenvalue weighted by Gasteiger charge is 2.34. The van der Waals surface area contributed by atoms with Gasteiger partial charge in [-0.25, -0.2) is 12.8 Å². The third-order valence-corrected chi connectivity index (χ3v) is 8.50. The molecule has 0 bridgehead atoms. The van der Waals surface area contributed by atoms with E-state index in [9.17, 15) is 17.6 Å². The van der Waals surface area contributed by atoms with Crippen molar-refractivity contribution in [3.8, 4) is 0 Å². The maximum Gasteiger partial charge on any atom is 0.243 e. The second-order valence-corrected chi connectivity index (χ2v) is 10.7. The monoisotopic (exact) mass is 479 g/mol. The SMILES string of the molecule is O=C(C1CCCN(Cc2c(F)cccc2Cl)C1)N1CCN(S(=O)(=O)c2ccccc2)CC1. The van der Waals surface area contributed by atoms with Gasteiger partial charge in [-0.2, -0.15) is 4.31 Å². The molecule has 2 aromatic rings. The first-order chi connectivity index (χ1) is 15.4. The third-order valence-electron chi connectivity index (χ3n) is 6.23. The molecule has 6 nitrogen and oxygen atoms in total. The molecule has 2 fully saturated rings. The molecule has 1 unspecified atom stereocenters.